The number of halogens is 1. The van der Waals surface area contributed by atoms with Gasteiger partial charge >= 0.3 is 5.97 Å². The maximum atomic E-state index is 14.9. The number of esters is 1. The molecule has 0 aliphatic heterocycles. The lowest BCUT2D eigenvalue weighted by atomic mass is 9.85. The maximum absolute atomic E-state index is 14.9. The molecule has 1 aromatic carbocycles. The average molecular weight is 463 g/mol. The van der Waals surface area contributed by atoms with Gasteiger partial charge in [0.1, 0.15) is 5.83 Å². The first kappa shape index (κ1) is 27.6. The number of ether oxygens (including phenoxy) is 1. The number of allylic oxidation sites excluding steroid dienone is 4. The van der Waals surface area contributed by atoms with Crippen molar-refractivity contribution in [2.24, 2.45) is 5.41 Å². The number of carbonyl (C=O) groups is 1. The summed E-state index contributed by atoms with van der Waals surface area (Å²) in [6.45, 7) is 9.78. The van der Waals surface area contributed by atoms with E-state index in [0.717, 1.165) is 25.5 Å². The van der Waals surface area contributed by atoms with Crippen LogP contribution in [-0.2, 0) is 19.4 Å². The second-order valence-corrected chi connectivity index (χ2v) is 10.9. The molecule has 0 spiro atoms. The highest BCUT2D eigenvalue weighted by atomic mass is 32.2. The lowest BCUT2D eigenvalue weighted by Crippen LogP contribution is -2.32. The van der Waals surface area contributed by atoms with Crippen molar-refractivity contribution in [2.75, 3.05) is 7.11 Å². The molecule has 0 heterocycles. The van der Waals surface area contributed by atoms with Crippen LogP contribution >= 0.6 is 0 Å². The summed E-state index contributed by atoms with van der Waals surface area (Å²) in [4.78, 5) is 12.2. The molecule has 0 aliphatic rings. The number of rotatable bonds is 11. The highest BCUT2D eigenvalue weighted by Gasteiger charge is 2.36. The van der Waals surface area contributed by atoms with Crippen molar-refractivity contribution in [3.8, 4) is 11.8 Å². The molecule has 1 rings (SSSR count). The van der Waals surface area contributed by atoms with Crippen molar-refractivity contribution in [3.05, 3.63) is 53.4 Å². The Morgan fingerprint density at radius 1 is 1.19 bits per heavy atom. The van der Waals surface area contributed by atoms with Crippen molar-refractivity contribution in [2.45, 2.75) is 76.9 Å². The Morgan fingerprint density at radius 3 is 2.38 bits per heavy atom. The third-order valence-electron chi connectivity index (χ3n) is 5.38. The number of sulfone groups is 1. The molecule has 0 saturated heterocycles. The van der Waals surface area contributed by atoms with Gasteiger partial charge in [0, 0.05) is 12.8 Å². The predicted molar refractivity (Wildman–Crippen MR) is 127 cm³/mol. The van der Waals surface area contributed by atoms with Gasteiger partial charge in [-0.3, -0.25) is 4.79 Å². The zero-order valence-electron chi connectivity index (χ0n) is 20.0. The van der Waals surface area contributed by atoms with E-state index in [1.54, 1.807) is 25.1 Å². The van der Waals surface area contributed by atoms with E-state index in [4.69, 9.17) is 0 Å². The molecule has 0 saturated carbocycles. The Morgan fingerprint density at radius 2 is 1.81 bits per heavy atom. The van der Waals surface area contributed by atoms with E-state index in [9.17, 15) is 17.6 Å². The molecule has 6 heteroatoms. The van der Waals surface area contributed by atoms with E-state index in [-0.39, 0.29) is 10.3 Å². The number of hydrogen-bond acceptors (Lipinski definition) is 4. The first-order valence-corrected chi connectivity index (χ1v) is 12.3. The molecule has 0 fully saturated rings. The minimum atomic E-state index is -4.08. The van der Waals surface area contributed by atoms with Crippen molar-refractivity contribution in [3.63, 3.8) is 0 Å². The number of methoxy groups -OCH3 is 1. The van der Waals surface area contributed by atoms with E-state index < -0.39 is 33.3 Å². The van der Waals surface area contributed by atoms with E-state index >= 15 is 0 Å². The van der Waals surface area contributed by atoms with Crippen LogP contribution in [0.1, 0.15) is 66.7 Å². The fourth-order valence-corrected chi connectivity index (χ4v) is 4.62. The number of carbonyl (C=O) groups excluding carboxylic acids is 1. The molecule has 0 aromatic heterocycles. The van der Waals surface area contributed by atoms with E-state index in [2.05, 4.69) is 36.5 Å². The second kappa shape index (κ2) is 12.6. The van der Waals surface area contributed by atoms with Crippen LogP contribution in [0.3, 0.4) is 0 Å². The molecule has 0 bridgehead atoms. The fraction of sp³-hybridized carbons (Fsp3) is 0.500. The Labute approximate surface area is 192 Å². The summed E-state index contributed by atoms with van der Waals surface area (Å²) in [6.07, 6.45) is 4.40. The van der Waals surface area contributed by atoms with Gasteiger partial charge in [-0.25, -0.2) is 12.8 Å². The largest absolute Gasteiger partial charge is 0.468 e. The van der Waals surface area contributed by atoms with Crippen LogP contribution in [0.15, 0.2) is 58.3 Å². The summed E-state index contributed by atoms with van der Waals surface area (Å²) in [7, 11) is -2.97. The molecule has 4 nitrogen and oxygen atoms in total. The van der Waals surface area contributed by atoms with Gasteiger partial charge in [-0.2, -0.15) is 0 Å². The summed E-state index contributed by atoms with van der Waals surface area (Å²) < 4.78 is 45.4. The topological polar surface area (TPSA) is 60.4 Å². The van der Waals surface area contributed by atoms with Gasteiger partial charge < -0.3 is 4.74 Å². The number of benzene rings is 1. The van der Waals surface area contributed by atoms with Crippen LogP contribution in [0.4, 0.5) is 4.39 Å². The van der Waals surface area contributed by atoms with Crippen molar-refractivity contribution < 1.29 is 22.3 Å². The normalized spacial score (nSPS) is 14.2. The molecule has 1 aromatic rings. The molecule has 0 radical (unpaired) electrons. The van der Waals surface area contributed by atoms with Gasteiger partial charge in [-0.15, -0.1) is 11.8 Å². The summed E-state index contributed by atoms with van der Waals surface area (Å²) in [6, 6.07) is 7.57. The monoisotopic (exact) mass is 462 g/mol. The summed E-state index contributed by atoms with van der Waals surface area (Å²) >= 11 is 0. The molecule has 0 amide bonds. The molecular formula is C26H35FO4S. The van der Waals surface area contributed by atoms with Gasteiger partial charge in [0.05, 0.1) is 12.0 Å². The van der Waals surface area contributed by atoms with E-state index in [1.165, 1.54) is 12.1 Å². The predicted octanol–water partition coefficient (Wildman–Crippen LogP) is 6.19. The Balaban J connectivity index is 2.91. The van der Waals surface area contributed by atoms with Gasteiger partial charge in [0.2, 0.25) is 0 Å². The molecule has 176 valence electrons. The first-order chi connectivity index (χ1) is 14.9. The van der Waals surface area contributed by atoms with Crippen LogP contribution in [0.5, 0.6) is 0 Å². The SMILES string of the molecule is CC#CCC(C)(C)C/C=C(\C)CC/C(C)=C(/F)CC(C(=O)OC)S(=O)(=O)c1ccccc1. The van der Waals surface area contributed by atoms with Crippen LogP contribution in [0.25, 0.3) is 0 Å². The molecule has 32 heavy (non-hydrogen) atoms. The molecule has 0 N–H and O–H groups in total. The fourth-order valence-electron chi connectivity index (χ4n) is 3.04. The third-order valence-corrected chi connectivity index (χ3v) is 7.42. The highest BCUT2D eigenvalue weighted by molar-refractivity contribution is 7.92. The lowest BCUT2D eigenvalue weighted by Gasteiger charge is -2.20. The van der Waals surface area contributed by atoms with Crippen molar-refractivity contribution >= 4 is 15.8 Å². The lowest BCUT2D eigenvalue weighted by molar-refractivity contribution is -0.140. The minimum Gasteiger partial charge on any atom is -0.468 e. The standard InChI is InChI=1S/C26H35FO4S/c1-7-8-17-26(4,5)18-16-20(2)14-15-21(3)23(27)19-24(25(28)31-6)32(29,30)22-12-10-9-11-13-22/h9-13,16,24H,14-15,17-19H2,1-6H3/b20-16+,23-21+. The Hall–Kier alpha value is -2.39. The van der Waals surface area contributed by atoms with Crippen LogP contribution in [-0.4, -0.2) is 26.7 Å². The summed E-state index contributed by atoms with van der Waals surface area (Å²) in [5.74, 6) is 4.47. The maximum Gasteiger partial charge on any atom is 0.324 e. The quantitative estimate of drug-likeness (QED) is 0.223. The Kier molecular flexibility index (Phi) is 10.9. The van der Waals surface area contributed by atoms with Crippen LogP contribution < -0.4 is 0 Å². The van der Waals surface area contributed by atoms with Crippen molar-refractivity contribution in [1.29, 1.82) is 0 Å². The molecule has 1 atom stereocenters. The molecule has 0 aliphatic carbocycles. The van der Waals surface area contributed by atoms with Crippen LogP contribution in [0, 0.1) is 17.3 Å². The van der Waals surface area contributed by atoms with E-state index in [1.807, 2.05) is 13.8 Å². The minimum absolute atomic E-state index is 0.0324. The zero-order valence-corrected chi connectivity index (χ0v) is 20.8. The van der Waals surface area contributed by atoms with Crippen LogP contribution in [0.2, 0.25) is 0 Å². The summed E-state index contributed by atoms with van der Waals surface area (Å²) in [5.41, 5.74) is 1.64. The van der Waals surface area contributed by atoms with Gasteiger partial charge in [0.25, 0.3) is 0 Å². The van der Waals surface area contributed by atoms with E-state index in [0.29, 0.717) is 18.4 Å². The van der Waals surface area contributed by atoms with Gasteiger partial charge in [-0.1, -0.05) is 43.7 Å². The zero-order chi connectivity index (χ0) is 24.4. The van der Waals surface area contributed by atoms with Gasteiger partial charge in [0.15, 0.2) is 15.1 Å². The molecular weight excluding hydrogens is 427 g/mol. The van der Waals surface area contributed by atoms with Gasteiger partial charge in [-0.05, 0) is 63.2 Å². The second-order valence-electron chi connectivity index (χ2n) is 8.78. The first-order valence-electron chi connectivity index (χ1n) is 10.7. The number of hydrogen-bond donors (Lipinski definition) is 0. The average Bonchev–Trinajstić information content (AvgIpc) is 2.78. The third kappa shape index (κ3) is 8.63. The smallest absolute Gasteiger partial charge is 0.324 e. The van der Waals surface area contributed by atoms with Crippen molar-refractivity contribution in [1.82, 2.24) is 0 Å². The summed E-state index contributed by atoms with van der Waals surface area (Å²) in [5, 5.41) is -1.62. The molecule has 1 unspecified atom stereocenters. The highest BCUT2D eigenvalue weighted by Crippen LogP contribution is 2.28. The Bertz CT molecular complexity index is 993.